The summed E-state index contributed by atoms with van der Waals surface area (Å²) in [6, 6.07) is 8.61. The number of hydrogen-bond donors (Lipinski definition) is 0. The minimum Gasteiger partial charge on any atom is -0.465 e. The fourth-order valence-corrected chi connectivity index (χ4v) is 5.73. The third-order valence-electron chi connectivity index (χ3n) is 7.31. The van der Waals surface area contributed by atoms with E-state index in [0.29, 0.717) is 6.10 Å². The van der Waals surface area contributed by atoms with Crippen molar-refractivity contribution in [2.24, 2.45) is 23.7 Å². The van der Waals surface area contributed by atoms with E-state index in [4.69, 9.17) is 9.47 Å². The molecule has 0 heterocycles. The van der Waals surface area contributed by atoms with Gasteiger partial charge in [0.15, 0.2) is 6.29 Å². The average Bonchev–Trinajstić information content (AvgIpc) is 2.58. The van der Waals surface area contributed by atoms with E-state index < -0.39 is 0 Å². The second-order valence-electron chi connectivity index (χ2n) is 9.48. The lowest BCUT2D eigenvalue weighted by Crippen LogP contribution is -2.50. The molecule has 138 valence electrons. The van der Waals surface area contributed by atoms with Gasteiger partial charge >= 0.3 is 0 Å². The van der Waals surface area contributed by atoms with E-state index in [9.17, 15) is 0 Å². The minimum atomic E-state index is -0.160. The van der Waals surface area contributed by atoms with Crippen molar-refractivity contribution < 1.29 is 9.47 Å². The van der Waals surface area contributed by atoms with Gasteiger partial charge in [-0.25, -0.2) is 0 Å². The van der Waals surface area contributed by atoms with E-state index in [-0.39, 0.29) is 11.7 Å². The minimum absolute atomic E-state index is 0.160. The first-order chi connectivity index (χ1) is 11.9. The van der Waals surface area contributed by atoms with E-state index >= 15 is 0 Å². The molecule has 4 aliphatic rings. The second kappa shape index (κ2) is 6.61. The summed E-state index contributed by atoms with van der Waals surface area (Å²) >= 11 is 0. The topological polar surface area (TPSA) is 18.5 Å². The van der Waals surface area contributed by atoms with Gasteiger partial charge in [-0.1, -0.05) is 32.9 Å². The molecule has 5 rings (SSSR count). The van der Waals surface area contributed by atoms with Crippen LogP contribution in [0.5, 0.6) is 5.75 Å². The van der Waals surface area contributed by atoms with Crippen LogP contribution < -0.4 is 4.74 Å². The van der Waals surface area contributed by atoms with Crippen molar-refractivity contribution in [1.82, 2.24) is 0 Å². The molecule has 1 aromatic carbocycles. The molecular formula is C23H34O2. The molecule has 2 heteroatoms. The Morgan fingerprint density at radius 1 is 0.960 bits per heavy atom. The van der Waals surface area contributed by atoms with Crippen molar-refractivity contribution in [3.63, 3.8) is 0 Å². The smallest absolute Gasteiger partial charge is 0.197 e. The Labute approximate surface area is 153 Å². The van der Waals surface area contributed by atoms with Crippen LogP contribution in [0.25, 0.3) is 0 Å². The molecule has 25 heavy (non-hydrogen) atoms. The van der Waals surface area contributed by atoms with Crippen LogP contribution in [0.4, 0.5) is 0 Å². The van der Waals surface area contributed by atoms with Crippen molar-refractivity contribution in [2.45, 2.75) is 84.0 Å². The molecule has 0 saturated heterocycles. The third kappa shape index (κ3) is 3.47. The van der Waals surface area contributed by atoms with E-state index in [2.05, 4.69) is 52.0 Å². The fourth-order valence-electron chi connectivity index (χ4n) is 5.73. The first kappa shape index (κ1) is 17.4. The van der Waals surface area contributed by atoms with Crippen molar-refractivity contribution in [2.75, 3.05) is 0 Å². The summed E-state index contributed by atoms with van der Waals surface area (Å²) in [6.45, 7) is 8.89. The maximum absolute atomic E-state index is 6.43. The van der Waals surface area contributed by atoms with E-state index in [1.54, 1.807) is 0 Å². The number of hydrogen-bond acceptors (Lipinski definition) is 2. The van der Waals surface area contributed by atoms with Crippen LogP contribution in [0, 0.1) is 23.7 Å². The lowest BCUT2D eigenvalue weighted by Gasteiger charge is -2.54. The van der Waals surface area contributed by atoms with Crippen molar-refractivity contribution in [1.29, 1.82) is 0 Å². The quantitative estimate of drug-likeness (QED) is 0.596. The van der Waals surface area contributed by atoms with E-state index in [1.165, 1.54) is 37.7 Å². The molecule has 4 saturated carbocycles. The highest BCUT2D eigenvalue weighted by atomic mass is 16.7. The molecule has 1 atom stereocenters. The van der Waals surface area contributed by atoms with Crippen LogP contribution in [-0.2, 0) is 10.2 Å². The maximum atomic E-state index is 6.43. The highest BCUT2D eigenvalue weighted by Crippen LogP contribution is 2.54. The molecule has 0 N–H and O–H groups in total. The zero-order valence-corrected chi connectivity index (χ0v) is 16.3. The van der Waals surface area contributed by atoms with E-state index in [0.717, 1.165) is 35.8 Å². The van der Waals surface area contributed by atoms with Crippen molar-refractivity contribution in [3.8, 4) is 5.75 Å². The van der Waals surface area contributed by atoms with Gasteiger partial charge in [0.05, 0.1) is 6.10 Å². The number of rotatable bonds is 6. The first-order valence-corrected chi connectivity index (χ1v) is 10.4. The fraction of sp³-hybridized carbons (Fsp3) is 0.739. The molecule has 0 amide bonds. The SMILES string of the molecule is CCC(C)(C)c1ccc(OC(C)OC2C3CC4CC(C3)CC2C4)cc1. The Hall–Kier alpha value is -1.02. The predicted octanol–water partition coefficient (Wildman–Crippen LogP) is 5.94. The maximum Gasteiger partial charge on any atom is 0.197 e. The van der Waals surface area contributed by atoms with Crippen LogP contribution in [0.1, 0.15) is 71.8 Å². The Balaban J connectivity index is 1.35. The third-order valence-corrected chi connectivity index (χ3v) is 7.31. The van der Waals surface area contributed by atoms with Crippen molar-refractivity contribution in [3.05, 3.63) is 29.8 Å². The van der Waals surface area contributed by atoms with Crippen LogP contribution in [0.3, 0.4) is 0 Å². The number of benzene rings is 1. The zero-order chi connectivity index (χ0) is 17.6. The number of ether oxygens (including phenoxy) is 2. The van der Waals surface area contributed by atoms with Gasteiger partial charge in [-0.2, -0.15) is 0 Å². The summed E-state index contributed by atoms with van der Waals surface area (Å²) in [5.74, 6) is 4.48. The van der Waals surface area contributed by atoms with Gasteiger partial charge in [0, 0.05) is 0 Å². The highest BCUT2D eigenvalue weighted by molar-refractivity contribution is 5.31. The van der Waals surface area contributed by atoms with Crippen LogP contribution in [-0.4, -0.2) is 12.4 Å². The first-order valence-electron chi connectivity index (χ1n) is 10.4. The molecule has 1 aromatic rings. The largest absolute Gasteiger partial charge is 0.465 e. The Morgan fingerprint density at radius 2 is 1.52 bits per heavy atom. The molecule has 4 fully saturated rings. The summed E-state index contributed by atoms with van der Waals surface area (Å²) < 4.78 is 12.5. The van der Waals surface area contributed by atoms with Gasteiger partial charge in [0.1, 0.15) is 5.75 Å². The molecule has 4 bridgehead atoms. The Kier molecular flexibility index (Phi) is 4.60. The zero-order valence-electron chi connectivity index (χ0n) is 16.3. The van der Waals surface area contributed by atoms with Gasteiger partial charge in [-0.15, -0.1) is 0 Å². The molecule has 4 aliphatic carbocycles. The summed E-state index contributed by atoms with van der Waals surface area (Å²) in [7, 11) is 0. The van der Waals surface area contributed by atoms with Crippen LogP contribution in [0.2, 0.25) is 0 Å². The summed E-state index contributed by atoms with van der Waals surface area (Å²) in [4.78, 5) is 0. The molecule has 0 aliphatic heterocycles. The molecule has 2 nitrogen and oxygen atoms in total. The van der Waals surface area contributed by atoms with Crippen LogP contribution in [0.15, 0.2) is 24.3 Å². The molecular weight excluding hydrogens is 308 g/mol. The standard InChI is InChI=1S/C23H34O2/c1-5-23(3,4)20-6-8-21(9-7-20)24-15(2)25-22-18-11-16-10-17(13-18)14-19(22)12-16/h6-9,15-19,22H,5,10-14H2,1-4H3. The van der Waals surface area contributed by atoms with Gasteiger partial charge in [-0.05, 0) is 92.2 Å². The monoisotopic (exact) mass is 342 g/mol. The van der Waals surface area contributed by atoms with Crippen molar-refractivity contribution >= 4 is 0 Å². The average molecular weight is 343 g/mol. The molecule has 0 radical (unpaired) electrons. The van der Waals surface area contributed by atoms with Gasteiger partial charge in [0.2, 0.25) is 0 Å². The second-order valence-corrected chi connectivity index (χ2v) is 9.48. The summed E-state index contributed by atoms with van der Waals surface area (Å²) in [6.07, 6.45) is 8.48. The van der Waals surface area contributed by atoms with E-state index in [1.807, 2.05) is 0 Å². The summed E-state index contributed by atoms with van der Waals surface area (Å²) in [5.41, 5.74) is 1.60. The summed E-state index contributed by atoms with van der Waals surface area (Å²) in [5, 5.41) is 0. The lowest BCUT2D eigenvalue weighted by atomic mass is 9.55. The molecule has 1 unspecified atom stereocenters. The highest BCUT2D eigenvalue weighted by Gasteiger charge is 2.49. The predicted molar refractivity (Wildman–Crippen MR) is 102 cm³/mol. The molecule has 0 aromatic heterocycles. The van der Waals surface area contributed by atoms with Gasteiger partial charge in [0.25, 0.3) is 0 Å². The Morgan fingerprint density at radius 3 is 2.04 bits per heavy atom. The van der Waals surface area contributed by atoms with Crippen LogP contribution >= 0.6 is 0 Å². The lowest BCUT2D eigenvalue weighted by molar-refractivity contribution is -0.191. The van der Waals surface area contributed by atoms with Gasteiger partial charge < -0.3 is 9.47 Å². The van der Waals surface area contributed by atoms with Gasteiger partial charge in [-0.3, -0.25) is 0 Å². The molecule has 0 spiro atoms. The Bertz CT molecular complexity index is 561. The normalized spacial score (nSPS) is 35.0.